The summed E-state index contributed by atoms with van der Waals surface area (Å²) in [5, 5.41) is 9.59. The summed E-state index contributed by atoms with van der Waals surface area (Å²) in [6.07, 6.45) is 1.79. The third kappa shape index (κ3) is 3.27. The third-order valence-corrected chi connectivity index (χ3v) is 4.56. The van der Waals surface area contributed by atoms with Gasteiger partial charge >= 0.3 is 0 Å². The van der Waals surface area contributed by atoms with E-state index in [0.29, 0.717) is 0 Å². The van der Waals surface area contributed by atoms with Crippen molar-refractivity contribution in [2.45, 2.75) is 20.0 Å². The topological polar surface area (TPSA) is 50.7 Å². The second-order valence-electron chi connectivity index (χ2n) is 4.35. The van der Waals surface area contributed by atoms with Crippen LogP contribution in [0, 0.1) is 6.92 Å². The van der Waals surface area contributed by atoms with E-state index in [1.54, 1.807) is 28.9 Å². The highest BCUT2D eigenvalue weighted by Crippen LogP contribution is 2.21. The molecule has 102 valence electrons. The van der Waals surface area contributed by atoms with Gasteiger partial charge < -0.3 is 5.32 Å². The fourth-order valence-corrected chi connectivity index (χ4v) is 3.31. The maximum Gasteiger partial charge on any atom is 0.142 e. The monoisotopic (exact) mass is 302 g/mol. The number of aryl methyl sites for hydroxylation is 1. The maximum absolute atomic E-state index is 4.59. The van der Waals surface area contributed by atoms with E-state index < -0.39 is 0 Å². The Labute approximate surface area is 125 Å². The summed E-state index contributed by atoms with van der Waals surface area (Å²) in [4.78, 5) is 13.3. The highest BCUT2D eigenvalue weighted by atomic mass is 32.1. The molecule has 1 N–H and O–H groups in total. The number of nitrogens with zero attached hydrogens (tertiary/aromatic N) is 3. The van der Waals surface area contributed by atoms with Crippen LogP contribution in [0.5, 0.6) is 0 Å². The van der Waals surface area contributed by atoms with Gasteiger partial charge in [-0.3, -0.25) is 4.98 Å². The van der Waals surface area contributed by atoms with Gasteiger partial charge in [-0.05, 0) is 19.1 Å². The molecule has 0 aliphatic heterocycles. The lowest BCUT2D eigenvalue weighted by Gasteiger charge is -1.99. The molecule has 0 radical (unpaired) electrons. The molecular formula is C14H14N4S2. The van der Waals surface area contributed by atoms with Crippen LogP contribution in [0.4, 0.5) is 0 Å². The first-order valence-electron chi connectivity index (χ1n) is 6.29. The van der Waals surface area contributed by atoms with Gasteiger partial charge in [-0.25, -0.2) is 9.97 Å². The maximum atomic E-state index is 4.59. The lowest BCUT2D eigenvalue weighted by molar-refractivity contribution is 0.679. The van der Waals surface area contributed by atoms with E-state index in [0.717, 1.165) is 40.2 Å². The van der Waals surface area contributed by atoms with Crippen molar-refractivity contribution in [3.63, 3.8) is 0 Å². The molecule has 0 unspecified atom stereocenters. The number of nitrogens with one attached hydrogen (secondary N) is 1. The van der Waals surface area contributed by atoms with Crippen LogP contribution in [0.25, 0.3) is 10.7 Å². The molecule has 0 spiro atoms. The standard InChI is InChI=1S/C14H14N4S2/c1-10-8-19-13(17-10)7-15-6-11-9-20-14(18-11)12-4-2-3-5-16-12/h2-5,8-9,15H,6-7H2,1H3. The molecule has 0 bridgehead atoms. The molecule has 3 aromatic heterocycles. The number of pyridine rings is 1. The fraction of sp³-hybridized carbons (Fsp3) is 0.214. The Morgan fingerprint density at radius 1 is 1.10 bits per heavy atom. The summed E-state index contributed by atoms with van der Waals surface area (Å²) in [7, 11) is 0. The molecule has 0 fully saturated rings. The van der Waals surface area contributed by atoms with Crippen LogP contribution in [-0.2, 0) is 13.1 Å². The lowest BCUT2D eigenvalue weighted by Crippen LogP contribution is -2.12. The first-order chi connectivity index (χ1) is 9.81. The van der Waals surface area contributed by atoms with Gasteiger partial charge in [0.25, 0.3) is 0 Å². The summed E-state index contributed by atoms with van der Waals surface area (Å²) in [5.41, 5.74) is 3.06. The van der Waals surface area contributed by atoms with Gasteiger partial charge in [0, 0.05) is 35.7 Å². The van der Waals surface area contributed by atoms with E-state index in [-0.39, 0.29) is 0 Å². The van der Waals surface area contributed by atoms with Crippen molar-refractivity contribution in [3.8, 4) is 10.7 Å². The number of aromatic nitrogens is 3. The van der Waals surface area contributed by atoms with Crippen LogP contribution in [0.1, 0.15) is 16.4 Å². The molecule has 0 atom stereocenters. The average Bonchev–Trinajstić information content (AvgIpc) is 3.09. The number of hydrogen-bond donors (Lipinski definition) is 1. The van der Waals surface area contributed by atoms with Crippen LogP contribution in [-0.4, -0.2) is 15.0 Å². The van der Waals surface area contributed by atoms with Gasteiger partial charge in [0.05, 0.1) is 11.4 Å². The van der Waals surface area contributed by atoms with Gasteiger partial charge in [-0.2, -0.15) is 0 Å². The largest absolute Gasteiger partial charge is 0.305 e. The molecule has 4 nitrogen and oxygen atoms in total. The van der Waals surface area contributed by atoms with E-state index in [4.69, 9.17) is 0 Å². The Morgan fingerprint density at radius 3 is 2.80 bits per heavy atom. The summed E-state index contributed by atoms with van der Waals surface area (Å²) in [6, 6.07) is 5.87. The van der Waals surface area contributed by atoms with Crippen LogP contribution < -0.4 is 5.32 Å². The Kier molecular flexibility index (Phi) is 4.15. The SMILES string of the molecule is Cc1csc(CNCc2csc(-c3ccccn3)n2)n1. The number of hydrogen-bond acceptors (Lipinski definition) is 6. The van der Waals surface area contributed by atoms with Crippen LogP contribution in [0.15, 0.2) is 35.2 Å². The van der Waals surface area contributed by atoms with Crippen molar-refractivity contribution in [1.82, 2.24) is 20.3 Å². The summed E-state index contributed by atoms with van der Waals surface area (Å²) in [6.45, 7) is 3.55. The van der Waals surface area contributed by atoms with Crippen molar-refractivity contribution in [2.75, 3.05) is 0 Å². The molecule has 0 aliphatic carbocycles. The lowest BCUT2D eigenvalue weighted by atomic mass is 10.3. The van der Waals surface area contributed by atoms with Gasteiger partial charge in [0.1, 0.15) is 10.0 Å². The van der Waals surface area contributed by atoms with Crippen LogP contribution in [0.2, 0.25) is 0 Å². The predicted molar refractivity (Wildman–Crippen MR) is 82.7 cm³/mol. The van der Waals surface area contributed by atoms with E-state index in [1.165, 1.54) is 0 Å². The van der Waals surface area contributed by atoms with Gasteiger partial charge in [-0.15, -0.1) is 22.7 Å². The fourth-order valence-electron chi connectivity index (χ4n) is 1.78. The van der Waals surface area contributed by atoms with Crippen molar-refractivity contribution in [1.29, 1.82) is 0 Å². The summed E-state index contributed by atoms with van der Waals surface area (Å²) >= 11 is 3.31. The van der Waals surface area contributed by atoms with Crippen molar-refractivity contribution < 1.29 is 0 Å². The molecule has 0 saturated carbocycles. The molecule has 0 aromatic carbocycles. The quantitative estimate of drug-likeness (QED) is 0.786. The summed E-state index contributed by atoms with van der Waals surface area (Å²) in [5.74, 6) is 0. The zero-order valence-corrected chi connectivity index (χ0v) is 12.7. The molecule has 0 amide bonds. The molecular weight excluding hydrogens is 288 g/mol. The first kappa shape index (κ1) is 13.4. The first-order valence-corrected chi connectivity index (χ1v) is 8.05. The molecule has 3 rings (SSSR count). The van der Waals surface area contributed by atoms with Crippen LogP contribution in [0.3, 0.4) is 0 Å². The Balaban J connectivity index is 1.58. The molecule has 0 saturated heterocycles. The number of thiazole rings is 2. The molecule has 3 heterocycles. The normalized spacial score (nSPS) is 10.8. The van der Waals surface area contributed by atoms with Crippen molar-refractivity contribution in [3.05, 3.63) is 51.6 Å². The smallest absolute Gasteiger partial charge is 0.142 e. The minimum atomic E-state index is 0.752. The van der Waals surface area contributed by atoms with E-state index >= 15 is 0 Å². The van der Waals surface area contributed by atoms with E-state index in [2.05, 4.69) is 31.0 Å². The van der Waals surface area contributed by atoms with Crippen molar-refractivity contribution >= 4 is 22.7 Å². The number of rotatable bonds is 5. The Bertz CT molecular complexity index is 675. The van der Waals surface area contributed by atoms with Crippen molar-refractivity contribution in [2.24, 2.45) is 0 Å². The molecule has 3 aromatic rings. The third-order valence-electron chi connectivity index (χ3n) is 2.68. The zero-order chi connectivity index (χ0) is 13.8. The highest BCUT2D eigenvalue weighted by Gasteiger charge is 2.05. The van der Waals surface area contributed by atoms with Crippen LogP contribution >= 0.6 is 22.7 Å². The van der Waals surface area contributed by atoms with E-state index in [1.807, 2.05) is 25.1 Å². The Morgan fingerprint density at radius 2 is 2.05 bits per heavy atom. The minimum absolute atomic E-state index is 0.752. The van der Waals surface area contributed by atoms with Gasteiger partial charge in [0.2, 0.25) is 0 Å². The molecule has 6 heteroatoms. The predicted octanol–water partition coefficient (Wildman–Crippen LogP) is 3.26. The molecule has 20 heavy (non-hydrogen) atoms. The second-order valence-corrected chi connectivity index (χ2v) is 6.15. The van der Waals surface area contributed by atoms with Gasteiger partial charge in [-0.1, -0.05) is 6.07 Å². The zero-order valence-electron chi connectivity index (χ0n) is 11.0. The average molecular weight is 302 g/mol. The molecule has 0 aliphatic rings. The van der Waals surface area contributed by atoms with Gasteiger partial charge in [0.15, 0.2) is 0 Å². The second kappa shape index (κ2) is 6.21. The minimum Gasteiger partial charge on any atom is -0.305 e. The summed E-state index contributed by atoms with van der Waals surface area (Å²) < 4.78 is 0. The Hall–Kier alpha value is -1.63. The highest BCUT2D eigenvalue weighted by molar-refractivity contribution is 7.13. The van der Waals surface area contributed by atoms with E-state index in [9.17, 15) is 0 Å².